The van der Waals surface area contributed by atoms with Crippen LogP contribution in [0.4, 0.5) is 4.79 Å². The summed E-state index contributed by atoms with van der Waals surface area (Å²) in [6.45, 7) is 5.16. The number of fused-ring (bicyclic) bond motifs is 1. The van der Waals surface area contributed by atoms with E-state index < -0.39 is 0 Å². The first-order valence-electron chi connectivity index (χ1n) is 10.1. The van der Waals surface area contributed by atoms with Gasteiger partial charge in [-0.1, -0.05) is 6.07 Å². The van der Waals surface area contributed by atoms with Gasteiger partial charge in [-0.25, -0.2) is 9.78 Å². The van der Waals surface area contributed by atoms with Gasteiger partial charge in [0.25, 0.3) is 11.8 Å². The summed E-state index contributed by atoms with van der Waals surface area (Å²) >= 11 is 0. The lowest BCUT2D eigenvalue weighted by molar-refractivity contribution is 0.0567. The van der Waals surface area contributed by atoms with Gasteiger partial charge < -0.3 is 19.4 Å². The molecule has 4 heterocycles. The molecule has 0 spiro atoms. The molecule has 2 aliphatic heterocycles. The number of ether oxygens (including phenoxy) is 1. The summed E-state index contributed by atoms with van der Waals surface area (Å²) < 4.78 is 6.72. The number of rotatable bonds is 3. The van der Waals surface area contributed by atoms with Gasteiger partial charge in [0.05, 0.1) is 12.1 Å². The minimum Gasteiger partial charge on any atom is -0.450 e. The smallest absolute Gasteiger partial charge is 0.409 e. The van der Waals surface area contributed by atoms with E-state index in [1.165, 1.54) is 0 Å². The Morgan fingerprint density at radius 2 is 1.59 bits per heavy atom. The number of amides is 3. The first-order valence-corrected chi connectivity index (χ1v) is 10.1. The van der Waals surface area contributed by atoms with Crippen molar-refractivity contribution in [2.75, 3.05) is 45.9 Å². The number of hydrogen-bond acceptors (Lipinski definition) is 5. The van der Waals surface area contributed by atoms with Crippen molar-refractivity contribution in [1.82, 2.24) is 24.1 Å². The van der Waals surface area contributed by atoms with E-state index in [1.54, 1.807) is 38.3 Å². The normalized spacial score (nSPS) is 17.1. The van der Waals surface area contributed by atoms with Gasteiger partial charge in [0.1, 0.15) is 0 Å². The molecule has 0 atom stereocenters. The molecular formula is C20H25N5O4. The van der Waals surface area contributed by atoms with Crippen LogP contribution in [0.5, 0.6) is 0 Å². The third-order valence-electron chi connectivity index (χ3n) is 5.43. The molecule has 3 amide bonds. The van der Waals surface area contributed by atoms with Crippen molar-refractivity contribution in [1.29, 1.82) is 0 Å². The molecule has 0 N–H and O–H groups in total. The molecule has 154 valence electrons. The quantitative estimate of drug-likeness (QED) is 0.780. The summed E-state index contributed by atoms with van der Waals surface area (Å²) in [7, 11) is 0. The Balaban J connectivity index is 1.55. The van der Waals surface area contributed by atoms with Crippen LogP contribution in [0.1, 0.15) is 40.9 Å². The number of likely N-dealkylation sites (tertiary alicyclic amines) is 1. The maximum absolute atomic E-state index is 13.2. The van der Waals surface area contributed by atoms with Crippen molar-refractivity contribution in [3.63, 3.8) is 0 Å². The summed E-state index contributed by atoms with van der Waals surface area (Å²) in [5, 5.41) is 0. The Morgan fingerprint density at radius 3 is 2.28 bits per heavy atom. The third-order valence-corrected chi connectivity index (χ3v) is 5.43. The Labute approximate surface area is 168 Å². The molecule has 0 bridgehead atoms. The molecule has 2 aliphatic rings. The fraction of sp³-hybridized carbons (Fsp3) is 0.500. The van der Waals surface area contributed by atoms with Gasteiger partial charge in [-0.05, 0) is 31.9 Å². The van der Waals surface area contributed by atoms with Gasteiger partial charge in [0.2, 0.25) is 5.82 Å². The first-order chi connectivity index (χ1) is 14.1. The molecular weight excluding hydrogens is 374 g/mol. The Kier molecular flexibility index (Phi) is 5.37. The molecule has 2 aromatic heterocycles. The van der Waals surface area contributed by atoms with E-state index in [2.05, 4.69) is 4.98 Å². The number of carbonyl (C=O) groups is 3. The fourth-order valence-electron chi connectivity index (χ4n) is 3.86. The van der Waals surface area contributed by atoms with Crippen LogP contribution in [0, 0.1) is 0 Å². The van der Waals surface area contributed by atoms with Gasteiger partial charge in [-0.2, -0.15) is 0 Å². The molecule has 2 aromatic rings. The van der Waals surface area contributed by atoms with Crippen LogP contribution in [-0.4, -0.2) is 87.9 Å². The monoisotopic (exact) mass is 399 g/mol. The molecule has 0 radical (unpaired) electrons. The van der Waals surface area contributed by atoms with Crippen LogP contribution in [0.25, 0.3) is 5.52 Å². The van der Waals surface area contributed by atoms with E-state index in [4.69, 9.17) is 4.74 Å². The number of pyridine rings is 1. The second kappa shape index (κ2) is 8.10. The lowest BCUT2D eigenvalue weighted by Gasteiger charge is -2.33. The molecule has 2 saturated heterocycles. The average Bonchev–Trinajstić information content (AvgIpc) is 3.41. The summed E-state index contributed by atoms with van der Waals surface area (Å²) in [6, 6.07) is 5.45. The van der Waals surface area contributed by atoms with Crippen molar-refractivity contribution in [3.8, 4) is 0 Å². The van der Waals surface area contributed by atoms with Crippen LogP contribution < -0.4 is 0 Å². The largest absolute Gasteiger partial charge is 0.450 e. The van der Waals surface area contributed by atoms with E-state index in [1.807, 2.05) is 12.1 Å². The van der Waals surface area contributed by atoms with Crippen LogP contribution in [0.3, 0.4) is 0 Å². The molecule has 9 heteroatoms. The predicted octanol–water partition coefficient (Wildman–Crippen LogP) is 1.48. The standard InChI is InChI=1S/C20H25N5O4/c1-2-29-20(28)24-13-11-23(12-14-24)18(26)16-15-7-3-4-10-25(15)17(21-16)19(27)22-8-5-6-9-22/h3-4,7,10H,2,5-6,8-9,11-14H2,1H3. The van der Waals surface area contributed by atoms with Gasteiger partial charge in [-0.3, -0.25) is 14.0 Å². The van der Waals surface area contributed by atoms with Crippen molar-refractivity contribution < 1.29 is 19.1 Å². The minimum absolute atomic E-state index is 0.144. The van der Waals surface area contributed by atoms with Gasteiger partial charge in [-0.15, -0.1) is 0 Å². The molecule has 9 nitrogen and oxygen atoms in total. The minimum atomic E-state index is -0.356. The lowest BCUT2D eigenvalue weighted by atomic mass is 10.2. The van der Waals surface area contributed by atoms with Crippen molar-refractivity contribution >= 4 is 23.4 Å². The molecule has 4 rings (SSSR count). The Morgan fingerprint density at radius 1 is 0.931 bits per heavy atom. The summed E-state index contributed by atoms with van der Waals surface area (Å²) in [5.41, 5.74) is 0.894. The van der Waals surface area contributed by atoms with Gasteiger partial charge in [0, 0.05) is 45.5 Å². The molecule has 2 fully saturated rings. The molecule has 0 saturated carbocycles. The van der Waals surface area contributed by atoms with Crippen LogP contribution in [-0.2, 0) is 4.74 Å². The number of aromatic nitrogens is 2. The van der Waals surface area contributed by atoms with E-state index in [0.29, 0.717) is 38.3 Å². The van der Waals surface area contributed by atoms with Crippen molar-refractivity contribution in [2.24, 2.45) is 0 Å². The summed E-state index contributed by atoms with van der Waals surface area (Å²) in [6.07, 6.45) is 3.39. The maximum atomic E-state index is 13.2. The highest BCUT2D eigenvalue weighted by molar-refractivity contribution is 6.02. The maximum Gasteiger partial charge on any atom is 0.409 e. The van der Waals surface area contributed by atoms with Gasteiger partial charge >= 0.3 is 6.09 Å². The highest BCUT2D eigenvalue weighted by atomic mass is 16.6. The number of nitrogens with zero attached hydrogens (tertiary/aromatic N) is 5. The zero-order chi connectivity index (χ0) is 20.4. The average molecular weight is 399 g/mol. The highest BCUT2D eigenvalue weighted by Crippen LogP contribution is 2.19. The first kappa shape index (κ1) is 19.2. The van der Waals surface area contributed by atoms with Crippen LogP contribution >= 0.6 is 0 Å². The predicted molar refractivity (Wildman–Crippen MR) is 105 cm³/mol. The summed E-state index contributed by atoms with van der Waals surface area (Å²) in [4.78, 5) is 47.5. The van der Waals surface area contributed by atoms with E-state index in [9.17, 15) is 14.4 Å². The Hall–Kier alpha value is -3.10. The number of imidazole rings is 1. The van der Waals surface area contributed by atoms with Crippen LogP contribution in [0.15, 0.2) is 24.4 Å². The molecule has 29 heavy (non-hydrogen) atoms. The molecule has 0 aromatic carbocycles. The molecule has 0 unspecified atom stereocenters. The van der Waals surface area contributed by atoms with Crippen molar-refractivity contribution in [2.45, 2.75) is 19.8 Å². The fourth-order valence-corrected chi connectivity index (χ4v) is 3.86. The van der Waals surface area contributed by atoms with E-state index in [-0.39, 0.29) is 29.4 Å². The number of piperazine rings is 1. The number of hydrogen-bond donors (Lipinski definition) is 0. The Bertz CT molecular complexity index is 926. The zero-order valence-electron chi connectivity index (χ0n) is 16.5. The second-order valence-corrected chi connectivity index (χ2v) is 7.22. The number of carbonyl (C=O) groups excluding carboxylic acids is 3. The topological polar surface area (TPSA) is 87.5 Å². The SMILES string of the molecule is CCOC(=O)N1CCN(C(=O)c2nc(C(=O)N3CCCC3)n3ccccc23)CC1. The lowest BCUT2D eigenvalue weighted by Crippen LogP contribution is -2.50. The van der Waals surface area contributed by atoms with Gasteiger partial charge in [0.15, 0.2) is 5.69 Å². The van der Waals surface area contributed by atoms with Crippen molar-refractivity contribution in [3.05, 3.63) is 35.9 Å². The summed E-state index contributed by atoms with van der Waals surface area (Å²) in [5.74, 6) is -0.0939. The second-order valence-electron chi connectivity index (χ2n) is 7.22. The van der Waals surface area contributed by atoms with Crippen LogP contribution in [0.2, 0.25) is 0 Å². The van der Waals surface area contributed by atoms with E-state index in [0.717, 1.165) is 25.9 Å². The third kappa shape index (κ3) is 3.64. The highest BCUT2D eigenvalue weighted by Gasteiger charge is 2.31. The molecule has 0 aliphatic carbocycles. The van der Waals surface area contributed by atoms with E-state index >= 15 is 0 Å². The zero-order valence-corrected chi connectivity index (χ0v) is 16.5.